The second kappa shape index (κ2) is 9.00. The monoisotopic (exact) mass is 288 g/mol. The standard InChI is InChI=1S/C18H28OSi/c1-5-6-7-8-9-13-16-18(19-2)20(3,4)17-14-11-10-12-15-17/h10-12,14-15,18H,5-9H2,1-4H3. The van der Waals surface area contributed by atoms with Crippen LogP contribution in [0, 0.1) is 11.8 Å². The van der Waals surface area contributed by atoms with Crippen LogP contribution in [0.5, 0.6) is 0 Å². The summed E-state index contributed by atoms with van der Waals surface area (Å²) in [4.78, 5) is 0. The highest BCUT2D eigenvalue weighted by Gasteiger charge is 2.32. The first kappa shape index (κ1) is 17.0. The molecule has 1 atom stereocenters. The first-order valence-corrected chi connectivity index (χ1v) is 10.8. The second-order valence-corrected chi connectivity index (χ2v) is 10.4. The molecule has 1 unspecified atom stereocenters. The number of ether oxygens (including phenoxy) is 1. The van der Waals surface area contributed by atoms with Crippen molar-refractivity contribution in [2.45, 2.75) is 57.8 Å². The van der Waals surface area contributed by atoms with Gasteiger partial charge in [-0.3, -0.25) is 0 Å². The zero-order valence-electron chi connectivity index (χ0n) is 13.4. The second-order valence-electron chi connectivity index (χ2n) is 5.84. The van der Waals surface area contributed by atoms with Gasteiger partial charge in [-0.1, -0.05) is 80.7 Å². The Balaban J connectivity index is 2.63. The molecule has 1 aromatic rings. The molecule has 0 saturated heterocycles. The van der Waals surface area contributed by atoms with Crippen LogP contribution in [0.2, 0.25) is 13.1 Å². The molecule has 0 N–H and O–H groups in total. The average Bonchev–Trinajstić information content (AvgIpc) is 2.47. The fourth-order valence-electron chi connectivity index (χ4n) is 2.36. The van der Waals surface area contributed by atoms with Crippen LogP contribution in [0.3, 0.4) is 0 Å². The fraction of sp³-hybridized carbons (Fsp3) is 0.556. The van der Waals surface area contributed by atoms with E-state index in [4.69, 9.17) is 4.74 Å². The summed E-state index contributed by atoms with van der Waals surface area (Å²) >= 11 is 0. The third kappa shape index (κ3) is 5.15. The molecule has 0 aliphatic rings. The van der Waals surface area contributed by atoms with Crippen LogP contribution in [-0.4, -0.2) is 20.9 Å². The van der Waals surface area contributed by atoms with E-state index in [0.29, 0.717) is 0 Å². The first-order valence-electron chi connectivity index (χ1n) is 7.69. The van der Waals surface area contributed by atoms with Crippen molar-refractivity contribution >= 4 is 13.3 Å². The van der Waals surface area contributed by atoms with Gasteiger partial charge in [-0.15, -0.1) is 5.92 Å². The molecule has 0 aromatic heterocycles. The molecule has 0 spiro atoms. The van der Waals surface area contributed by atoms with Crippen LogP contribution < -0.4 is 5.19 Å². The number of benzene rings is 1. The highest BCUT2D eigenvalue weighted by molar-refractivity contribution is 6.91. The number of hydrogen-bond donors (Lipinski definition) is 0. The summed E-state index contributed by atoms with van der Waals surface area (Å²) in [6.45, 7) is 6.91. The van der Waals surface area contributed by atoms with Gasteiger partial charge in [-0.05, 0) is 6.42 Å². The maximum absolute atomic E-state index is 5.69. The minimum absolute atomic E-state index is 0.0797. The Morgan fingerprint density at radius 2 is 1.80 bits per heavy atom. The quantitative estimate of drug-likeness (QED) is 0.416. The Bertz CT molecular complexity index is 428. The topological polar surface area (TPSA) is 9.23 Å². The van der Waals surface area contributed by atoms with Crippen LogP contribution >= 0.6 is 0 Å². The van der Waals surface area contributed by atoms with E-state index in [0.717, 1.165) is 6.42 Å². The molecule has 0 aliphatic carbocycles. The SMILES string of the molecule is CCCCCCC#CC(OC)[Si](C)(C)c1ccccc1. The van der Waals surface area contributed by atoms with Crippen molar-refractivity contribution in [2.24, 2.45) is 0 Å². The van der Waals surface area contributed by atoms with Gasteiger partial charge in [0, 0.05) is 13.5 Å². The van der Waals surface area contributed by atoms with Crippen molar-refractivity contribution in [1.29, 1.82) is 0 Å². The maximum atomic E-state index is 5.69. The van der Waals surface area contributed by atoms with Crippen LogP contribution in [0.4, 0.5) is 0 Å². The van der Waals surface area contributed by atoms with Gasteiger partial charge in [0.2, 0.25) is 0 Å². The van der Waals surface area contributed by atoms with Gasteiger partial charge in [0.15, 0.2) is 0 Å². The van der Waals surface area contributed by atoms with E-state index in [2.05, 4.69) is 62.2 Å². The Labute approximate surface area is 125 Å². The molecule has 0 saturated carbocycles. The van der Waals surface area contributed by atoms with E-state index in [9.17, 15) is 0 Å². The van der Waals surface area contributed by atoms with Crippen molar-refractivity contribution in [1.82, 2.24) is 0 Å². The van der Waals surface area contributed by atoms with Crippen molar-refractivity contribution in [3.63, 3.8) is 0 Å². The lowest BCUT2D eigenvalue weighted by atomic mass is 10.2. The van der Waals surface area contributed by atoms with Gasteiger partial charge in [-0.25, -0.2) is 0 Å². The summed E-state index contributed by atoms with van der Waals surface area (Å²) in [6, 6.07) is 10.7. The molecule has 1 aromatic carbocycles. The summed E-state index contributed by atoms with van der Waals surface area (Å²) in [5.74, 6) is 6.71. The molecule has 110 valence electrons. The highest BCUT2D eigenvalue weighted by Crippen LogP contribution is 2.12. The van der Waals surface area contributed by atoms with Crippen LogP contribution in [0.25, 0.3) is 0 Å². The molecule has 0 bridgehead atoms. The van der Waals surface area contributed by atoms with E-state index in [-0.39, 0.29) is 5.73 Å². The normalized spacial score (nSPS) is 12.6. The minimum atomic E-state index is -1.68. The van der Waals surface area contributed by atoms with E-state index in [1.165, 1.54) is 30.9 Å². The Morgan fingerprint density at radius 3 is 2.40 bits per heavy atom. The summed E-state index contributed by atoms with van der Waals surface area (Å²) in [7, 11) is 0.106. The molecule has 0 amide bonds. The third-order valence-electron chi connectivity index (χ3n) is 3.80. The largest absolute Gasteiger partial charge is 0.372 e. The fourth-order valence-corrected chi connectivity index (χ4v) is 4.76. The Kier molecular flexibility index (Phi) is 7.65. The van der Waals surface area contributed by atoms with Gasteiger partial charge in [0.1, 0.15) is 13.8 Å². The third-order valence-corrected chi connectivity index (χ3v) is 7.31. The molecule has 1 nitrogen and oxygen atoms in total. The van der Waals surface area contributed by atoms with Gasteiger partial charge in [0.05, 0.1) is 0 Å². The number of unbranched alkanes of at least 4 members (excludes halogenated alkanes) is 4. The first-order chi connectivity index (χ1) is 9.62. The minimum Gasteiger partial charge on any atom is -0.372 e. The van der Waals surface area contributed by atoms with Gasteiger partial charge < -0.3 is 4.74 Å². The van der Waals surface area contributed by atoms with Crippen molar-refractivity contribution in [3.8, 4) is 11.8 Å². The summed E-state index contributed by atoms with van der Waals surface area (Å²) < 4.78 is 5.69. The predicted octanol–water partition coefficient (Wildman–Crippen LogP) is 4.13. The van der Waals surface area contributed by atoms with Crippen LogP contribution in [0.15, 0.2) is 30.3 Å². The van der Waals surface area contributed by atoms with E-state index in [1.807, 2.05) is 0 Å². The number of methoxy groups -OCH3 is 1. The van der Waals surface area contributed by atoms with Gasteiger partial charge >= 0.3 is 0 Å². The predicted molar refractivity (Wildman–Crippen MR) is 90.9 cm³/mol. The smallest absolute Gasteiger partial charge is 0.128 e. The molecule has 0 heterocycles. The molecule has 1 rings (SSSR count). The van der Waals surface area contributed by atoms with Gasteiger partial charge in [-0.2, -0.15) is 0 Å². The lowest BCUT2D eigenvalue weighted by Crippen LogP contribution is -2.52. The Hall–Kier alpha value is -1.04. The average molecular weight is 289 g/mol. The summed E-state index contributed by atoms with van der Waals surface area (Å²) in [6.07, 6.45) is 6.10. The molecule has 0 radical (unpaired) electrons. The number of hydrogen-bond acceptors (Lipinski definition) is 1. The molecule has 2 heteroatoms. The molecule has 0 fully saturated rings. The molecule has 20 heavy (non-hydrogen) atoms. The Morgan fingerprint density at radius 1 is 1.10 bits per heavy atom. The molecular formula is C18H28OSi. The summed E-state index contributed by atoms with van der Waals surface area (Å²) in [5, 5.41) is 1.41. The highest BCUT2D eigenvalue weighted by atomic mass is 28.3. The zero-order chi connectivity index (χ0) is 14.8. The lowest BCUT2D eigenvalue weighted by molar-refractivity contribution is 0.200. The molecule has 0 aliphatic heterocycles. The number of rotatable bonds is 7. The summed E-state index contributed by atoms with van der Waals surface area (Å²) in [5.41, 5.74) is 0.0797. The van der Waals surface area contributed by atoms with E-state index >= 15 is 0 Å². The van der Waals surface area contributed by atoms with Crippen LogP contribution in [-0.2, 0) is 4.74 Å². The zero-order valence-corrected chi connectivity index (χ0v) is 14.4. The van der Waals surface area contributed by atoms with E-state index in [1.54, 1.807) is 7.11 Å². The van der Waals surface area contributed by atoms with Crippen molar-refractivity contribution in [3.05, 3.63) is 30.3 Å². The van der Waals surface area contributed by atoms with E-state index < -0.39 is 8.07 Å². The maximum Gasteiger partial charge on any atom is 0.128 e. The van der Waals surface area contributed by atoms with Crippen molar-refractivity contribution < 1.29 is 4.74 Å². The molecular weight excluding hydrogens is 260 g/mol. The lowest BCUT2D eigenvalue weighted by Gasteiger charge is -2.28. The van der Waals surface area contributed by atoms with Gasteiger partial charge in [0.25, 0.3) is 0 Å². The van der Waals surface area contributed by atoms with Crippen LogP contribution in [0.1, 0.15) is 39.0 Å². The van der Waals surface area contributed by atoms with Crippen molar-refractivity contribution in [2.75, 3.05) is 7.11 Å².